The van der Waals surface area contributed by atoms with Crippen molar-refractivity contribution in [2.75, 3.05) is 25.2 Å². The van der Waals surface area contributed by atoms with E-state index in [0.717, 1.165) is 36.8 Å². The highest BCUT2D eigenvalue weighted by Gasteiger charge is 2.29. The van der Waals surface area contributed by atoms with Crippen LogP contribution in [0.3, 0.4) is 0 Å². The molecule has 112 valence electrons. The van der Waals surface area contributed by atoms with Gasteiger partial charge in [-0.05, 0) is 26.0 Å². The smallest absolute Gasteiger partial charge is 0.151 e. The molecule has 3 rings (SSSR count). The number of anilines is 1. The monoisotopic (exact) mass is 287 g/mol. The van der Waals surface area contributed by atoms with Gasteiger partial charge in [-0.1, -0.05) is 0 Å². The van der Waals surface area contributed by atoms with Crippen LogP contribution in [0, 0.1) is 6.92 Å². The third-order valence-corrected chi connectivity index (χ3v) is 3.86. The Bertz CT molecular complexity index is 607. The summed E-state index contributed by atoms with van der Waals surface area (Å²) in [6.45, 7) is 7.30. The third-order valence-electron chi connectivity index (χ3n) is 3.86. The second-order valence-corrected chi connectivity index (χ2v) is 5.46. The molecule has 0 N–H and O–H groups in total. The molecule has 0 bridgehead atoms. The van der Waals surface area contributed by atoms with Crippen LogP contribution in [0.2, 0.25) is 0 Å². The van der Waals surface area contributed by atoms with Gasteiger partial charge in [0.05, 0.1) is 18.0 Å². The molecule has 0 saturated heterocycles. The zero-order valence-corrected chi connectivity index (χ0v) is 12.8. The maximum atomic E-state index is 5.37. The molecule has 2 aromatic heterocycles. The molecule has 2 aromatic rings. The Hall–Kier alpha value is -1.95. The second kappa shape index (κ2) is 5.81. The van der Waals surface area contributed by atoms with E-state index in [1.54, 1.807) is 7.11 Å². The first-order valence-corrected chi connectivity index (χ1v) is 7.31. The summed E-state index contributed by atoms with van der Waals surface area (Å²) in [5.74, 6) is 1.19. The van der Waals surface area contributed by atoms with Crippen LogP contribution in [0.5, 0.6) is 0 Å². The van der Waals surface area contributed by atoms with Crippen LogP contribution in [0.1, 0.15) is 29.8 Å². The minimum Gasteiger partial charge on any atom is -0.384 e. The van der Waals surface area contributed by atoms with E-state index in [2.05, 4.69) is 33.3 Å². The first-order chi connectivity index (χ1) is 10.2. The van der Waals surface area contributed by atoms with E-state index in [4.69, 9.17) is 4.74 Å². The minimum absolute atomic E-state index is 0.273. The number of aromatic nitrogens is 4. The molecule has 6 nitrogen and oxygen atoms in total. The van der Waals surface area contributed by atoms with Crippen molar-refractivity contribution >= 4 is 5.82 Å². The van der Waals surface area contributed by atoms with Gasteiger partial charge in [-0.2, -0.15) is 10.2 Å². The number of rotatable bonds is 4. The maximum Gasteiger partial charge on any atom is 0.151 e. The molecule has 1 atom stereocenters. The number of methoxy groups -OCH3 is 1. The van der Waals surface area contributed by atoms with Gasteiger partial charge in [0.2, 0.25) is 0 Å². The summed E-state index contributed by atoms with van der Waals surface area (Å²) in [4.78, 5) is 2.25. The number of hydrogen-bond acceptors (Lipinski definition) is 5. The van der Waals surface area contributed by atoms with Crippen molar-refractivity contribution in [1.82, 2.24) is 20.0 Å². The van der Waals surface area contributed by atoms with Crippen molar-refractivity contribution < 1.29 is 4.74 Å². The van der Waals surface area contributed by atoms with E-state index < -0.39 is 0 Å². The van der Waals surface area contributed by atoms with E-state index in [9.17, 15) is 0 Å². The molecule has 0 spiro atoms. The van der Waals surface area contributed by atoms with Crippen LogP contribution in [-0.2, 0) is 17.8 Å². The van der Waals surface area contributed by atoms with Gasteiger partial charge in [0.25, 0.3) is 0 Å². The van der Waals surface area contributed by atoms with E-state index in [-0.39, 0.29) is 5.92 Å². The molecule has 0 aliphatic carbocycles. The summed E-state index contributed by atoms with van der Waals surface area (Å²) in [5, 5.41) is 13.1. The van der Waals surface area contributed by atoms with Crippen LogP contribution in [0.4, 0.5) is 5.82 Å². The number of fused-ring (bicyclic) bond motifs is 1. The molecule has 1 unspecified atom stereocenters. The van der Waals surface area contributed by atoms with Crippen molar-refractivity contribution in [3.8, 4) is 0 Å². The second-order valence-electron chi connectivity index (χ2n) is 5.46. The van der Waals surface area contributed by atoms with Gasteiger partial charge < -0.3 is 9.64 Å². The lowest BCUT2D eigenvalue weighted by Crippen LogP contribution is -2.35. The average molecular weight is 287 g/mol. The van der Waals surface area contributed by atoms with Crippen LogP contribution >= 0.6 is 0 Å². The van der Waals surface area contributed by atoms with Gasteiger partial charge in [0, 0.05) is 44.4 Å². The minimum atomic E-state index is 0.273. The number of nitrogens with zero attached hydrogens (tertiary/aromatic N) is 5. The van der Waals surface area contributed by atoms with E-state index in [1.807, 2.05) is 23.7 Å². The summed E-state index contributed by atoms with van der Waals surface area (Å²) >= 11 is 0. The summed E-state index contributed by atoms with van der Waals surface area (Å²) in [6.07, 6.45) is 2.13. The molecule has 6 heteroatoms. The molecule has 1 aliphatic rings. The standard InChI is InChI=1S/C15H21N5O/c1-4-20-9-12-7-19(14-6-5-11(2)16-17-14)8-13(10-21-3)15(12)18-20/h5-6,9,13H,4,7-8,10H2,1-3H3. The topological polar surface area (TPSA) is 56.1 Å². The Morgan fingerprint density at radius 2 is 2.19 bits per heavy atom. The molecule has 0 fully saturated rings. The highest BCUT2D eigenvalue weighted by molar-refractivity contribution is 5.43. The van der Waals surface area contributed by atoms with Gasteiger partial charge >= 0.3 is 0 Å². The predicted molar refractivity (Wildman–Crippen MR) is 80.3 cm³/mol. The Morgan fingerprint density at radius 3 is 2.86 bits per heavy atom. The molecule has 0 amide bonds. The van der Waals surface area contributed by atoms with Crippen molar-refractivity contribution in [2.45, 2.75) is 32.9 Å². The van der Waals surface area contributed by atoms with Gasteiger partial charge in [-0.25, -0.2) is 0 Å². The Labute approximate surface area is 124 Å². The first kappa shape index (κ1) is 14.0. The van der Waals surface area contributed by atoms with Crippen LogP contribution < -0.4 is 4.90 Å². The predicted octanol–water partition coefficient (Wildman–Crippen LogP) is 1.75. The van der Waals surface area contributed by atoms with Crippen LogP contribution in [-0.4, -0.2) is 40.2 Å². The van der Waals surface area contributed by atoms with Crippen molar-refractivity contribution in [1.29, 1.82) is 0 Å². The van der Waals surface area contributed by atoms with Crippen LogP contribution in [0.25, 0.3) is 0 Å². The van der Waals surface area contributed by atoms with Gasteiger partial charge in [0.1, 0.15) is 0 Å². The molecular weight excluding hydrogens is 266 g/mol. The highest BCUT2D eigenvalue weighted by Crippen LogP contribution is 2.29. The lowest BCUT2D eigenvalue weighted by molar-refractivity contribution is 0.176. The number of aryl methyl sites for hydroxylation is 2. The zero-order valence-electron chi connectivity index (χ0n) is 12.8. The third kappa shape index (κ3) is 2.76. The largest absolute Gasteiger partial charge is 0.384 e. The number of hydrogen-bond donors (Lipinski definition) is 0. The summed E-state index contributed by atoms with van der Waals surface area (Å²) in [5.41, 5.74) is 3.35. The van der Waals surface area contributed by atoms with Crippen molar-refractivity contribution in [3.63, 3.8) is 0 Å². The quantitative estimate of drug-likeness (QED) is 0.857. The van der Waals surface area contributed by atoms with E-state index in [1.165, 1.54) is 5.56 Å². The Kier molecular flexibility index (Phi) is 3.88. The van der Waals surface area contributed by atoms with Gasteiger partial charge in [-0.15, -0.1) is 5.10 Å². The summed E-state index contributed by atoms with van der Waals surface area (Å²) in [7, 11) is 1.74. The normalized spacial score (nSPS) is 17.9. The average Bonchev–Trinajstić information content (AvgIpc) is 2.91. The van der Waals surface area contributed by atoms with Gasteiger partial charge in [-0.3, -0.25) is 4.68 Å². The SMILES string of the molecule is CCn1cc2c(n1)C(COC)CN(c1ccc(C)nn1)C2. The lowest BCUT2D eigenvalue weighted by atomic mass is 9.97. The molecule has 0 radical (unpaired) electrons. The summed E-state index contributed by atoms with van der Waals surface area (Å²) < 4.78 is 7.37. The maximum absolute atomic E-state index is 5.37. The Balaban J connectivity index is 1.90. The van der Waals surface area contributed by atoms with Gasteiger partial charge in [0.15, 0.2) is 5.82 Å². The van der Waals surface area contributed by atoms with Crippen molar-refractivity contribution in [3.05, 3.63) is 35.3 Å². The molecule has 1 aliphatic heterocycles. The highest BCUT2D eigenvalue weighted by atomic mass is 16.5. The molecule has 21 heavy (non-hydrogen) atoms. The lowest BCUT2D eigenvalue weighted by Gasteiger charge is -2.32. The van der Waals surface area contributed by atoms with E-state index in [0.29, 0.717) is 6.61 Å². The fraction of sp³-hybridized carbons (Fsp3) is 0.533. The zero-order chi connectivity index (χ0) is 14.8. The number of ether oxygens (including phenoxy) is 1. The fourth-order valence-electron chi connectivity index (χ4n) is 2.80. The van der Waals surface area contributed by atoms with Crippen molar-refractivity contribution in [2.24, 2.45) is 0 Å². The van der Waals surface area contributed by atoms with E-state index >= 15 is 0 Å². The first-order valence-electron chi connectivity index (χ1n) is 7.31. The van der Waals surface area contributed by atoms with Crippen LogP contribution in [0.15, 0.2) is 18.3 Å². The molecule has 3 heterocycles. The Morgan fingerprint density at radius 1 is 1.33 bits per heavy atom. The fourth-order valence-corrected chi connectivity index (χ4v) is 2.80. The summed E-state index contributed by atoms with van der Waals surface area (Å²) in [6, 6.07) is 4.03. The molecular formula is C15H21N5O. The molecule has 0 saturated carbocycles. The molecule has 0 aromatic carbocycles.